The number of fused-ring (bicyclic) bond motifs is 15. The second-order valence-electron chi connectivity index (χ2n) is 18.3. The van der Waals surface area contributed by atoms with Crippen LogP contribution in [0.25, 0.3) is 44.2 Å². The van der Waals surface area contributed by atoms with E-state index >= 15 is 0 Å². The van der Waals surface area contributed by atoms with Crippen LogP contribution in [0.5, 0.6) is 0 Å². The Kier molecular flexibility index (Phi) is 6.57. The van der Waals surface area contributed by atoms with E-state index in [1.165, 1.54) is 125 Å². The van der Waals surface area contributed by atoms with Crippen LogP contribution >= 0.6 is 0 Å². The summed E-state index contributed by atoms with van der Waals surface area (Å²) in [5.74, 6) is 3.35. The number of benzene rings is 7. The lowest BCUT2D eigenvalue weighted by atomic mass is 9.54. The molecule has 0 amide bonds. The van der Waals surface area contributed by atoms with E-state index in [1.807, 2.05) is 0 Å². The van der Waals surface area contributed by atoms with E-state index in [-0.39, 0.29) is 10.8 Å². The van der Waals surface area contributed by atoms with Crippen molar-refractivity contribution in [1.29, 1.82) is 0 Å². The Morgan fingerprint density at radius 2 is 1.02 bits per heavy atom. The van der Waals surface area contributed by atoms with Crippen LogP contribution in [0.3, 0.4) is 0 Å². The van der Waals surface area contributed by atoms with Crippen molar-refractivity contribution < 1.29 is 0 Å². The fourth-order valence-electron chi connectivity index (χ4n) is 14.0. The second kappa shape index (κ2) is 11.6. The first kappa shape index (κ1) is 31.8. The fourth-order valence-corrected chi connectivity index (χ4v) is 14.0. The van der Waals surface area contributed by atoms with Crippen LogP contribution in [-0.4, -0.2) is 0 Å². The monoisotopic (exact) mass is 721 g/mol. The predicted octanol–water partition coefficient (Wildman–Crippen LogP) is 14.5. The first-order chi connectivity index (χ1) is 27.7. The van der Waals surface area contributed by atoms with Crippen LogP contribution in [0.4, 0.5) is 17.1 Å². The van der Waals surface area contributed by atoms with Gasteiger partial charge < -0.3 is 4.90 Å². The van der Waals surface area contributed by atoms with E-state index in [9.17, 15) is 0 Å². The summed E-state index contributed by atoms with van der Waals surface area (Å²) in [5, 5.41) is 2.59. The molecule has 4 fully saturated rings. The molecule has 0 aromatic heterocycles. The third-order valence-corrected chi connectivity index (χ3v) is 16.2. The second-order valence-corrected chi connectivity index (χ2v) is 18.3. The van der Waals surface area contributed by atoms with Gasteiger partial charge in [-0.3, -0.25) is 0 Å². The van der Waals surface area contributed by atoms with Crippen LogP contribution < -0.4 is 4.90 Å². The minimum atomic E-state index is 0.121. The molecule has 0 N–H and O–H groups in total. The van der Waals surface area contributed by atoms with E-state index in [0.717, 1.165) is 23.7 Å². The molecule has 1 heteroatoms. The van der Waals surface area contributed by atoms with Gasteiger partial charge in [0.05, 0.1) is 0 Å². The van der Waals surface area contributed by atoms with Crippen molar-refractivity contribution in [2.75, 3.05) is 4.90 Å². The average molecular weight is 722 g/mol. The molecule has 6 aliphatic carbocycles. The van der Waals surface area contributed by atoms with Crippen LogP contribution in [0, 0.1) is 23.7 Å². The zero-order valence-electron chi connectivity index (χ0n) is 32.1. The van der Waals surface area contributed by atoms with Crippen LogP contribution in [0.2, 0.25) is 0 Å². The maximum Gasteiger partial charge on any atom is 0.0465 e. The van der Waals surface area contributed by atoms with E-state index in [1.54, 1.807) is 16.7 Å². The van der Waals surface area contributed by atoms with Gasteiger partial charge in [-0.15, -0.1) is 0 Å². The zero-order chi connectivity index (χ0) is 36.6. The van der Waals surface area contributed by atoms with Gasteiger partial charge in [-0.25, -0.2) is 0 Å². The van der Waals surface area contributed by atoms with Crippen LogP contribution in [0.15, 0.2) is 152 Å². The largest absolute Gasteiger partial charge is 0.310 e. The summed E-state index contributed by atoms with van der Waals surface area (Å²) >= 11 is 0. The molecule has 5 atom stereocenters. The van der Waals surface area contributed by atoms with Gasteiger partial charge >= 0.3 is 0 Å². The van der Waals surface area contributed by atoms with Crippen LogP contribution in [0.1, 0.15) is 80.0 Å². The van der Waals surface area contributed by atoms with Gasteiger partial charge in [-0.05, 0) is 171 Å². The van der Waals surface area contributed by atoms with E-state index in [4.69, 9.17) is 0 Å². The Hall–Kier alpha value is -5.40. The highest BCUT2D eigenvalue weighted by atomic mass is 15.1. The van der Waals surface area contributed by atoms with Crippen molar-refractivity contribution in [2.45, 2.75) is 68.6 Å². The number of rotatable bonds is 4. The summed E-state index contributed by atoms with van der Waals surface area (Å²) < 4.78 is 0. The molecular formula is C55H47N. The molecular weight excluding hydrogens is 675 g/mol. The predicted molar refractivity (Wildman–Crippen MR) is 232 cm³/mol. The maximum atomic E-state index is 2.67. The topological polar surface area (TPSA) is 3.24 Å². The Morgan fingerprint density at radius 1 is 0.429 bits per heavy atom. The van der Waals surface area contributed by atoms with Crippen molar-refractivity contribution in [3.63, 3.8) is 0 Å². The third-order valence-electron chi connectivity index (χ3n) is 16.2. The highest BCUT2D eigenvalue weighted by molar-refractivity contribution is 5.97. The van der Waals surface area contributed by atoms with Crippen molar-refractivity contribution in [2.24, 2.45) is 23.7 Å². The quantitative estimate of drug-likeness (QED) is 0.175. The minimum Gasteiger partial charge on any atom is -0.310 e. The summed E-state index contributed by atoms with van der Waals surface area (Å²) in [6.07, 6.45) is 12.1. The molecule has 1 nitrogen and oxygen atoms in total. The summed E-state index contributed by atoms with van der Waals surface area (Å²) in [6.45, 7) is 0. The van der Waals surface area contributed by atoms with Gasteiger partial charge in [-0.2, -0.15) is 0 Å². The first-order valence-electron chi connectivity index (χ1n) is 21.6. The van der Waals surface area contributed by atoms with Gasteiger partial charge in [0, 0.05) is 27.9 Å². The Morgan fingerprint density at radius 3 is 1.84 bits per heavy atom. The Balaban J connectivity index is 1.01. The summed E-state index contributed by atoms with van der Waals surface area (Å²) in [5.41, 5.74) is 18.8. The zero-order valence-corrected chi connectivity index (χ0v) is 32.1. The minimum absolute atomic E-state index is 0.121. The fraction of sp³-hybridized carbons (Fsp3) is 0.273. The smallest absolute Gasteiger partial charge is 0.0465 e. The van der Waals surface area contributed by atoms with Crippen LogP contribution in [-0.2, 0) is 10.8 Å². The molecule has 4 saturated carbocycles. The van der Waals surface area contributed by atoms with Gasteiger partial charge in [0.25, 0.3) is 0 Å². The lowest BCUT2D eigenvalue weighted by Crippen LogP contribution is -2.45. The van der Waals surface area contributed by atoms with Gasteiger partial charge in [0.2, 0.25) is 0 Å². The number of nitrogens with zero attached hydrogens (tertiary/aromatic N) is 1. The molecule has 0 radical (unpaired) electrons. The highest BCUT2D eigenvalue weighted by Gasteiger charge is 2.62. The molecule has 56 heavy (non-hydrogen) atoms. The standard InChI is InChI=1S/C55H47N/c1-2-12-44-35(10-1)11-9-15-45(44)36-19-22-41(23-20-36)56(42-24-26-48-46-13-3-5-16-50(46)54(52(48)33-42)28-7-8-29-54)43-25-27-49-47-14-4-6-17-51(47)55(53(49)34-43)39-21-18-37-30-40(55)32-38(37)31-39/h1-6,9-17,19-20,22-27,33-34,37-40H,7-8,18,21,28-32H2. The lowest BCUT2D eigenvalue weighted by molar-refractivity contribution is 0.106. The van der Waals surface area contributed by atoms with Gasteiger partial charge in [-0.1, -0.05) is 128 Å². The molecule has 13 rings (SSSR count). The molecule has 2 spiro atoms. The number of anilines is 3. The molecule has 0 aliphatic heterocycles. The van der Waals surface area contributed by atoms with E-state index in [0.29, 0.717) is 0 Å². The molecule has 0 saturated heterocycles. The summed E-state index contributed by atoms with van der Waals surface area (Å²) in [6, 6.07) is 58.9. The van der Waals surface area contributed by atoms with Gasteiger partial charge in [0.1, 0.15) is 0 Å². The molecule has 3 bridgehead atoms. The normalized spacial score (nSPS) is 25.4. The van der Waals surface area contributed by atoms with Crippen molar-refractivity contribution in [3.05, 3.63) is 174 Å². The molecule has 7 aromatic rings. The maximum absolute atomic E-state index is 2.67. The Labute approximate surface area is 331 Å². The van der Waals surface area contributed by atoms with Crippen molar-refractivity contribution in [3.8, 4) is 33.4 Å². The van der Waals surface area contributed by atoms with Crippen molar-refractivity contribution in [1.82, 2.24) is 0 Å². The number of hydrogen-bond donors (Lipinski definition) is 0. The summed E-state index contributed by atoms with van der Waals surface area (Å²) in [4.78, 5) is 2.60. The highest BCUT2D eigenvalue weighted by Crippen LogP contribution is 2.70. The van der Waals surface area contributed by atoms with Crippen molar-refractivity contribution >= 4 is 27.8 Å². The number of hydrogen-bond acceptors (Lipinski definition) is 1. The van der Waals surface area contributed by atoms with Gasteiger partial charge in [0.15, 0.2) is 0 Å². The lowest BCUT2D eigenvalue weighted by Gasteiger charge is -2.49. The first-order valence-corrected chi connectivity index (χ1v) is 21.6. The van der Waals surface area contributed by atoms with E-state index < -0.39 is 0 Å². The Bertz CT molecular complexity index is 2720. The average Bonchev–Trinajstić information content (AvgIpc) is 4.00. The molecule has 6 aliphatic rings. The SMILES string of the molecule is c1ccc2c(c1)-c1ccc(N(c3ccc(-c4cccc5ccccc45)cc3)c3ccc4c(c3)C3(c5ccccc5-4)C4CCC5CC3CC5C4)cc1C21CCCC1. The molecule has 272 valence electrons. The van der Waals surface area contributed by atoms with E-state index in [2.05, 4.69) is 157 Å². The molecule has 7 aromatic carbocycles. The molecule has 0 heterocycles. The summed E-state index contributed by atoms with van der Waals surface area (Å²) in [7, 11) is 0. The third kappa shape index (κ3) is 4.11. The molecule has 5 unspecified atom stereocenters.